The molecule has 0 aliphatic rings. The number of carbonyl (C=O) groups excluding carboxylic acids is 2. The van der Waals surface area contributed by atoms with Gasteiger partial charge in [0, 0.05) is 7.05 Å². The Balaban J connectivity index is 4.54. The number of rotatable bonds is 23. The zero-order valence-electron chi connectivity index (χ0n) is 23.5. The SMILES string of the molecule is CCCCCOC(=O)OCCCCOP(=O)(/N=C(\N)N(C)CC(=O)O)OCCCCOC(=O)OCCCCC. The largest absolute Gasteiger partial charge is 0.508 e. The molecule has 0 bridgehead atoms. The van der Waals surface area contributed by atoms with Gasteiger partial charge in [-0.15, -0.1) is 4.76 Å². The fraction of sp³-hybridized carbons (Fsp3) is 0.833. The third-order valence-corrected chi connectivity index (χ3v) is 6.42. The van der Waals surface area contributed by atoms with Crippen molar-refractivity contribution >= 4 is 32.0 Å². The first kappa shape index (κ1) is 36.4. The molecule has 228 valence electrons. The second-order valence-corrected chi connectivity index (χ2v) is 10.2. The molecule has 0 saturated carbocycles. The van der Waals surface area contributed by atoms with Crippen LogP contribution in [-0.2, 0) is 37.4 Å². The molecular formula is C24H46N3O11P. The van der Waals surface area contributed by atoms with Crippen LogP contribution in [0.4, 0.5) is 9.59 Å². The lowest BCUT2D eigenvalue weighted by Gasteiger charge is -2.19. The molecule has 0 fully saturated rings. The first-order valence-electron chi connectivity index (χ1n) is 13.4. The maximum Gasteiger partial charge on any atom is 0.508 e. The Kier molecular flexibility index (Phi) is 21.8. The molecule has 0 aliphatic heterocycles. The number of carboxylic acids is 1. The van der Waals surface area contributed by atoms with Crippen LogP contribution in [0, 0.1) is 0 Å². The number of likely N-dealkylation sites (N-methyl/N-ethyl adjacent to an activating group) is 1. The quantitative estimate of drug-likeness (QED) is 0.0554. The van der Waals surface area contributed by atoms with Crippen molar-refractivity contribution in [2.45, 2.75) is 78.1 Å². The highest BCUT2D eigenvalue weighted by molar-refractivity contribution is 7.52. The number of unbranched alkanes of at least 4 members (excludes halogenated alkanes) is 6. The number of nitrogens with two attached hydrogens (primary N) is 1. The Morgan fingerprint density at radius 2 is 1.08 bits per heavy atom. The van der Waals surface area contributed by atoms with Gasteiger partial charge in [0.2, 0.25) is 5.96 Å². The van der Waals surface area contributed by atoms with Crippen LogP contribution in [0.25, 0.3) is 0 Å². The van der Waals surface area contributed by atoms with E-state index < -0.39 is 32.6 Å². The van der Waals surface area contributed by atoms with Crippen LogP contribution in [0.15, 0.2) is 4.76 Å². The Hall–Kier alpha value is -2.57. The molecule has 0 saturated heterocycles. The summed E-state index contributed by atoms with van der Waals surface area (Å²) >= 11 is 0. The van der Waals surface area contributed by atoms with Gasteiger partial charge in [-0.25, -0.2) is 14.2 Å². The second kappa shape index (κ2) is 23.3. The van der Waals surface area contributed by atoms with Crippen LogP contribution in [0.1, 0.15) is 78.1 Å². The van der Waals surface area contributed by atoms with Crippen molar-refractivity contribution in [1.29, 1.82) is 0 Å². The van der Waals surface area contributed by atoms with Crippen molar-refractivity contribution in [2.24, 2.45) is 10.5 Å². The molecule has 0 unspecified atom stereocenters. The molecule has 15 heteroatoms. The predicted octanol–water partition coefficient (Wildman–Crippen LogP) is 4.71. The molecule has 0 rings (SSSR count). The molecule has 0 radical (unpaired) electrons. The zero-order chi connectivity index (χ0) is 29.4. The molecule has 14 nitrogen and oxygen atoms in total. The first-order valence-corrected chi connectivity index (χ1v) is 14.9. The molecule has 0 amide bonds. The minimum Gasteiger partial charge on any atom is -0.480 e. The summed E-state index contributed by atoms with van der Waals surface area (Å²) in [6.07, 6.45) is 5.59. The van der Waals surface area contributed by atoms with Gasteiger partial charge in [-0.1, -0.05) is 39.5 Å². The highest BCUT2D eigenvalue weighted by atomic mass is 31.2. The lowest BCUT2D eigenvalue weighted by Crippen LogP contribution is -2.37. The van der Waals surface area contributed by atoms with Crippen molar-refractivity contribution in [3.05, 3.63) is 0 Å². The van der Waals surface area contributed by atoms with Crippen molar-refractivity contribution in [3.63, 3.8) is 0 Å². The summed E-state index contributed by atoms with van der Waals surface area (Å²) in [7, 11) is -2.72. The van der Waals surface area contributed by atoms with Crippen molar-refractivity contribution in [3.8, 4) is 0 Å². The molecule has 0 heterocycles. The molecule has 0 atom stereocenters. The summed E-state index contributed by atoms with van der Waals surface area (Å²) in [6, 6.07) is 0. The normalized spacial score (nSPS) is 11.6. The van der Waals surface area contributed by atoms with Crippen LogP contribution in [0.3, 0.4) is 0 Å². The molecule has 0 aromatic heterocycles. The van der Waals surface area contributed by atoms with Crippen LogP contribution < -0.4 is 5.73 Å². The van der Waals surface area contributed by atoms with Crippen molar-refractivity contribution in [2.75, 3.05) is 53.2 Å². The van der Waals surface area contributed by atoms with E-state index in [2.05, 4.69) is 4.76 Å². The number of hydrogen-bond donors (Lipinski definition) is 2. The van der Waals surface area contributed by atoms with Gasteiger partial charge in [0.05, 0.1) is 39.6 Å². The van der Waals surface area contributed by atoms with Crippen molar-refractivity contribution in [1.82, 2.24) is 4.90 Å². The Labute approximate surface area is 231 Å². The monoisotopic (exact) mass is 583 g/mol. The van der Waals surface area contributed by atoms with Gasteiger partial charge in [-0.2, -0.15) is 0 Å². The standard InChI is InChI=1S/C24H46N3O11P/c1-4-6-8-14-33-23(30)35-16-10-12-18-37-39(32,26-22(25)27(3)20-21(28)29)38-19-13-11-17-36-24(31)34-15-9-7-5-2/h4-20H2,1-3H3,(H,28,29)(H2,25,26,32). The van der Waals surface area contributed by atoms with E-state index in [1.807, 2.05) is 13.8 Å². The van der Waals surface area contributed by atoms with Crippen LogP contribution in [0.5, 0.6) is 0 Å². The maximum absolute atomic E-state index is 13.1. The van der Waals surface area contributed by atoms with E-state index in [0.29, 0.717) is 38.9 Å². The molecule has 0 spiro atoms. The van der Waals surface area contributed by atoms with E-state index >= 15 is 0 Å². The Morgan fingerprint density at radius 1 is 0.718 bits per heavy atom. The first-order chi connectivity index (χ1) is 18.6. The molecule has 0 aromatic rings. The molecule has 0 aliphatic carbocycles. The van der Waals surface area contributed by atoms with Gasteiger partial charge in [0.25, 0.3) is 0 Å². The van der Waals surface area contributed by atoms with Gasteiger partial charge in [-0.3, -0.25) is 13.8 Å². The second-order valence-electron chi connectivity index (χ2n) is 8.57. The smallest absolute Gasteiger partial charge is 0.480 e. The minimum atomic E-state index is -4.09. The molecular weight excluding hydrogens is 537 g/mol. The molecule has 0 aromatic carbocycles. The topological polar surface area (TPSA) is 186 Å². The van der Waals surface area contributed by atoms with E-state index in [4.69, 9.17) is 38.8 Å². The third-order valence-electron chi connectivity index (χ3n) is 4.95. The van der Waals surface area contributed by atoms with Crippen molar-refractivity contribution < 1.29 is 52.1 Å². The van der Waals surface area contributed by atoms with Gasteiger partial charge >= 0.3 is 26.0 Å². The lowest BCUT2D eigenvalue weighted by molar-refractivity contribution is -0.137. The highest BCUT2D eigenvalue weighted by Gasteiger charge is 2.26. The number of carbonyl (C=O) groups is 3. The average Bonchev–Trinajstić information content (AvgIpc) is 2.88. The number of nitrogens with zero attached hydrogens (tertiary/aromatic N) is 2. The maximum atomic E-state index is 13.1. The fourth-order valence-corrected chi connectivity index (χ4v) is 4.07. The average molecular weight is 584 g/mol. The summed E-state index contributed by atoms with van der Waals surface area (Å²) < 4.78 is 47.5. The number of hydrogen-bond acceptors (Lipinski definition) is 10. The third kappa shape index (κ3) is 22.0. The van der Waals surface area contributed by atoms with E-state index in [1.54, 1.807) is 0 Å². The molecule has 39 heavy (non-hydrogen) atoms. The van der Waals surface area contributed by atoms with Gasteiger partial charge in [0.15, 0.2) is 0 Å². The number of aliphatic carboxylic acids is 1. The van der Waals surface area contributed by atoms with E-state index in [9.17, 15) is 18.9 Å². The number of guanidine groups is 1. The van der Waals surface area contributed by atoms with Gasteiger partial charge in [-0.05, 0) is 38.5 Å². The summed E-state index contributed by atoms with van der Waals surface area (Å²) in [4.78, 5) is 35.0. The van der Waals surface area contributed by atoms with Gasteiger partial charge in [0.1, 0.15) is 6.54 Å². The summed E-state index contributed by atoms with van der Waals surface area (Å²) in [5.41, 5.74) is 5.78. The Bertz CT molecular complexity index is 728. The number of ether oxygens (including phenoxy) is 4. The minimum absolute atomic E-state index is 0.0431. The fourth-order valence-electron chi connectivity index (χ4n) is 2.76. The van der Waals surface area contributed by atoms with Crippen LogP contribution in [0.2, 0.25) is 0 Å². The van der Waals surface area contributed by atoms with Crippen LogP contribution >= 0.6 is 7.75 Å². The van der Waals surface area contributed by atoms with E-state index in [1.165, 1.54) is 7.05 Å². The van der Waals surface area contributed by atoms with Gasteiger partial charge < -0.3 is 34.7 Å². The number of carboxylic acid groups (broad SMARTS) is 1. The lowest BCUT2D eigenvalue weighted by atomic mass is 10.3. The predicted molar refractivity (Wildman–Crippen MR) is 144 cm³/mol. The summed E-state index contributed by atoms with van der Waals surface area (Å²) in [6.45, 7) is 4.34. The molecule has 3 N–H and O–H groups in total. The van der Waals surface area contributed by atoms with E-state index in [-0.39, 0.29) is 32.4 Å². The van der Waals surface area contributed by atoms with Crippen LogP contribution in [-0.4, -0.2) is 87.5 Å². The summed E-state index contributed by atoms with van der Waals surface area (Å²) in [5.74, 6) is -1.48. The van der Waals surface area contributed by atoms with E-state index in [0.717, 1.165) is 43.4 Å². The summed E-state index contributed by atoms with van der Waals surface area (Å²) in [5, 5.41) is 8.93. The Morgan fingerprint density at radius 3 is 1.44 bits per heavy atom. The highest BCUT2D eigenvalue weighted by Crippen LogP contribution is 2.50. The zero-order valence-corrected chi connectivity index (χ0v) is 24.4.